The predicted octanol–water partition coefficient (Wildman–Crippen LogP) is 9.36. The Hall–Kier alpha value is -4.27. The molecule has 0 N–H and O–H groups in total. The third-order valence-electron chi connectivity index (χ3n) is 7.00. The van der Waals surface area contributed by atoms with E-state index in [2.05, 4.69) is 36.4 Å². The van der Waals surface area contributed by atoms with Gasteiger partial charge >= 0.3 is 0 Å². The summed E-state index contributed by atoms with van der Waals surface area (Å²) in [6, 6.07) is 38.7. The Morgan fingerprint density at radius 3 is 1.79 bits per heavy atom. The molecule has 0 amide bonds. The van der Waals surface area contributed by atoms with Crippen molar-refractivity contribution < 1.29 is 18.5 Å². The highest BCUT2D eigenvalue weighted by atomic mass is 31.2. The number of benzene rings is 5. The van der Waals surface area contributed by atoms with Crippen LogP contribution in [-0.2, 0) is 6.16 Å². The third-order valence-corrected chi connectivity index (χ3v) is 8.43. The van der Waals surface area contributed by atoms with Crippen molar-refractivity contribution >= 4 is 8.38 Å². The van der Waals surface area contributed by atoms with E-state index in [4.69, 9.17) is 18.5 Å². The zero-order valence-electron chi connectivity index (χ0n) is 20.8. The van der Waals surface area contributed by atoms with Gasteiger partial charge < -0.3 is 18.5 Å². The van der Waals surface area contributed by atoms with Gasteiger partial charge in [0.1, 0.15) is 34.5 Å². The van der Waals surface area contributed by atoms with Gasteiger partial charge in [0.25, 0.3) is 8.38 Å². The Labute approximate surface area is 223 Å². The van der Waals surface area contributed by atoms with E-state index in [1.54, 1.807) is 0 Å². The normalized spacial score (nSPS) is 17.0. The summed E-state index contributed by atoms with van der Waals surface area (Å²) in [5, 5.41) is 0. The summed E-state index contributed by atoms with van der Waals surface area (Å²) in [5.74, 6) is 4.55. The van der Waals surface area contributed by atoms with Crippen LogP contribution in [0.1, 0.15) is 33.7 Å². The lowest BCUT2D eigenvalue weighted by Gasteiger charge is -2.32. The average Bonchev–Trinajstić information content (AvgIpc) is 2.94. The molecule has 2 heterocycles. The minimum atomic E-state index is -1.38. The first-order valence-electron chi connectivity index (χ1n) is 12.7. The molecule has 5 heteroatoms. The Bertz CT molecular complexity index is 1630. The fourth-order valence-corrected chi connectivity index (χ4v) is 6.63. The second-order valence-electron chi connectivity index (χ2n) is 9.42. The van der Waals surface area contributed by atoms with Crippen molar-refractivity contribution in [1.82, 2.24) is 0 Å². The topological polar surface area (TPSA) is 36.9 Å². The quantitative estimate of drug-likeness (QED) is 0.215. The second kappa shape index (κ2) is 9.55. The van der Waals surface area contributed by atoms with Crippen molar-refractivity contribution in [2.75, 3.05) is 0 Å². The van der Waals surface area contributed by atoms with E-state index in [1.165, 1.54) is 0 Å². The van der Waals surface area contributed by atoms with Crippen molar-refractivity contribution in [2.45, 2.75) is 19.0 Å². The monoisotopic (exact) mass is 516 g/mol. The van der Waals surface area contributed by atoms with Gasteiger partial charge in [-0.3, -0.25) is 0 Å². The number of hydrogen-bond donors (Lipinski definition) is 0. The van der Waals surface area contributed by atoms with Crippen molar-refractivity contribution in [3.8, 4) is 34.5 Å². The summed E-state index contributed by atoms with van der Waals surface area (Å²) in [6.45, 7) is 2.03. The van der Waals surface area contributed by atoms with Gasteiger partial charge in [0, 0.05) is 28.2 Å². The third kappa shape index (κ3) is 4.08. The molecule has 0 saturated carbocycles. The molecule has 0 aromatic heterocycles. The van der Waals surface area contributed by atoms with Crippen LogP contribution in [0.4, 0.5) is 0 Å². The minimum Gasteiger partial charge on any atom is -0.457 e. The molecule has 0 fully saturated rings. The van der Waals surface area contributed by atoms with E-state index in [0.29, 0.717) is 6.16 Å². The fraction of sp³-hybridized carbons (Fsp3) is 0.0909. The summed E-state index contributed by atoms with van der Waals surface area (Å²) >= 11 is 0. The summed E-state index contributed by atoms with van der Waals surface area (Å²) in [5.41, 5.74) is 5.20. The van der Waals surface area contributed by atoms with Crippen molar-refractivity contribution in [2.24, 2.45) is 0 Å². The van der Waals surface area contributed by atoms with E-state index in [-0.39, 0.29) is 5.92 Å². The van der Waals surface area contributed by atoms with Crippen LogP contribution in [0, 0.1) is 6.92 Å². The highest BCUT2D eigenvalue weighted by Gasteiger charge is 2.35. The highest BCUT2D eigenvalue weighted by Crippen LogP contribution is 2.56. The maximum absolute atomic E-state index is 6.82. The molecule has 4 nitrogen and oxygen atoms in total. The first-order valence-corrected chi connectivity index (χ1v) is 14.0. The van der Waals surface area contributed by atoms with Crippen molar-refractivity contribution in [3.63, 3.8) is 0 Å². The van der Waals surface area contributed by atoms with Gasteiger partial charge in [-0.2, -0.15) is 0 Å². The maximum atomic E-state index is 6.82. The molecule has 38 heavy (non-hydrogen) atoms. The molecule has 0 saturated heterocycles. The van der Waals surface area contributed by atoms with Gasteiger partial charge in [-0.25, -0.2) is 0 Å². The van der Waals surface area contributed by atoms with Crippen LogP contribution >= 0.6 is 8.38 Å². The molecule has 0 aliphatic carbocycles. The molecule has 0 spiro atoms. The van der Waals surface area contributed by atoms with Crippen LogP contribution in [0.15, 0.2) is 115 Å². The van der Waals surface area contributed by atoms with Crippen LogP contribution < -0.4 is 18.5 Å². The first kappa shape index (κ1) is 22.9. The minimum absolute atomic E-state index is 0.140. The lowest BCUT2D eigenvalue weighted by atomic mass is 9.81. The van der Waals surface area contributed by atoms with Crippen LogP contribution in [0.25, 0.3) is 0 Å². The summed E-state index contributed by atoms with van der Waals surface area (Å²) < 4.78 is 26.5. The fourth-order valence-electron chi connectivity index (χ4n) is 5.16. The number of fused-ring (bicyclic) bond motifs is 6. The predicted molar refractivity (Wildman–Crippen MR) is 150 cm³/mol. The van der Waals surface area contributed by atoms with E-state index >= 15 is 0 Å². The van der Waals surface area contributed by atoms with Gasteiger partial charge in [-0.1, -0.05) is 78.9 Å². The molecular weight excluding hydrogens is 491 g/mol. The van der Waals surface area contributed by atoms with E-state index < -0.39 is 8.38 Å². The van der Waals surface area contributed by atoms with Crippen LogP contribution in [0.3, 0.4) is 0 Å². The number of ether oxygens (including phenoxy) is 2. The van der Waals surface area contributed by atoms with Gasteiger partial charge in [0.05, 0.1) is 6.16 Å². The van der Waals surface area contributed by atoms with Crippen molar-refractivity contribution in [1.29, 1.82) is 0 Å². The van der Waals surface area contributed by atoms with E-state index in [9.17, 15) is 0 Å². The van der Waals surface area contributed by atoms with Crippen LogP contribution in [0.2, 0.25) is 0 Å². The first-order chi connectivity index (χ1) is 18.7. The van der Waals surface area contributed by atoms with Gasteiger partial charge in [0.15, 0.2) is 0 Å². The molecule has 2 atom stereocenters. The van der Waals surface area contributed by atoms with E-state index in [1.807, 2.05) is 85.8 Å². The Kier molecular flexibility index (Phi) is 5.76. The molecular formula is C33H25O4P. The standard InChI is InChI=1S/C33H25O4P/c1-22-26-17-9-18-27(22)36-38(21-23-11-3-2-4-12-23)37-31-20-10-19-30-33(31)32(24-13-5-7-15-28(24)34-26)25-14-6-8-16-29(25)35-30/h2-20,32H,21H2,1H3/t32-,38?/m0/s1. The van der Waals surface area contributed by atoms with Gasteiger partial charge in [0.2, 0.25) is 0 Å². The molecule has 2 bridgehead atoms. The summed E-state index contributed by atoms with van der Waals surface area (Å²) in [4.78, 5) is 0. The highest BCUT2D eigenvalue weighted by molar-refractivity contribution is 7.47. The van der Waals surface area contributed by atoms with Crippen molar-refractivity contribution in [3.05, 3.63) is 143 Å². The smallest absolute Gasteiger partial charge is 0.295 e. The summed E-state index contributed by atoms with van der Waals surface area (Å²) in [6.07, 6.45) is 0.642. The zero-order chi connectivity index (χ0) is 25.5. The average molecular weight is 517 g/mol. The number of rotatable bonds is 2. The molecule has 7 rings (SSSR count). The van der Waals surface area contributed by atoms with Crippen LogP contribution in [-0.4, -0.2) is 0 Å². The molecule has 0 radical (unpaired) electrons. The lowest BCUT2D eigenvalue weighted by Crippen LogP contribution is -2.14. The van der Waals surface area contributed by atoms with E-state index in [0.717, 1.165) is 62.3 Å². The molecule has 5 aromatic rings. The molecule has 2 aliphatic rings. The molecule has 5 aromatic carbocycles. The Morgan fingerprint density at radius 1 is 0.526 bits per heavy atom. The second-order valence-corrected chi connectivity index (χ2v) is 10.8. The number of para-hydroxylation sites is 2. The zero-order valence-corrected chi connectivity index (χ0v) is 21.7. The van der Waals surface area contributed by atoms with Crippen LogP contribution in [0.5, 0.6) is 34.5 Å². The Morgan fingerprint density at radius 2 is 1.05 bits per heavy atom. The molecule has 1 unspecified atom stereocenters. The Balaban J connectivity index is 1.46. The largest absolute Gasteiger partial charge is 0.457 e. The van der Waals surface area contributed by atoms with Gasteiger partial charge in [-0.05, 0) is 48.9 Å². The summed E-state index contributed by atoms with van der Waals surface area (Å²) in [7, 11) is -1.38. The SMILES string of the molecule is Cc1c2cccc1OP(Cc1ccccc1)Oc1cccc3c1[C@@H](c1ccccc1O2)c1ccccc1O3. The molecule has 2 aliphatic heterocycles. The van der Waals surface area contributed by atoms with Gasteiger partial charge in [-0.15, -0.1) is 0 Å². The number of hydrogen-bond acceptors (Lipinski definition) is 4. The lowest BCUT2D eigenvalue weighted by molar-refractivity contribution is 0.427. The maximum Gasteiger partial charge on any atom is 0.295 e. The molecule has 186 valence electrons.